The number of amides is 1. The van der Waals surface area contributed by atoms with Gasteiger partial charge in [0.25, 0.3) is 5.89 Å². The summed E-state index contributed by atoms with van der Waals surface area (Å²) in [6, 6.07) is 16.0. The van der Waals surface area contributed by atoms with E-state index in [0.29, 0.717) is 17.5 Å². The first-order valence-corrected chi connectivity index (χ1v) is 7.34. The third-order valence-electron chi connectivity index (χ3n) is 3.48. The zero-order valence-electron chi connectivity index (χ0n) is 12.7. The van der Waals surface area contributed by atoms with Crippen LogP contribution in [0.25, 0.3) is 11.1 Å². The van der Waals surface area contributed by atoms with Crippen molar-refractivity contribution in [1.82, 2.24) is 10.3 Å². The van der Waals surface area contributed by atoms with Gasteiger partial charge in [0, 0.05) is 13.3 Å². The summed E-state index contributed by atoms with van der Waals surface area (Å²) in [5.41, 5.74) is 2.13. The second kappa shape index (κ2) is 6.44. The standard InChI is InChI=1S/C18H16N2O3/c1-12(21)19-15(11-13-7-3-2-4-8-13)17(22)18-20-14-9-5-6-10-16(14)23-18/h2-10,15H,11H2,1H3,(H,19,21). The van der Waals surface area contributed by atoms with Gasteiger partial charge in [0.2, 0.25) is 11.7 Å². The van der Waals surface area contributed by atoms with Gasteiger partial charge >= 0.3 is 0 Å². The van der Waals surface area contributed by atoms with E-state index in [1.807, 2.05) is 42.5 Å². The van der Waals surface area contributed by atoms with Gasteiger partial charge in [-0.15, -0.1) is 0 Å². The number of rotatable bonds is 5. The highest BCUT2D eigenvalue weighted by Gasteiger charge is 2.26. The molecule has 0 saturated heterocycles. The molecule has 2 aromatic carbocycles. The quantitative estimate of drug-likeness (QED) is 0.736. The van der Waals surface area contributed by atoms with Gasteiger partial charge < -0.3 is 9.73 Å². The number of carbonyl (C=O) groups is 2. The summed E-state index contributed by atoms with van der Waals surface area (Å²) < 4.78 is 5.52. The van der Waals surface area contributed by atoms with Gasteiger partial charge in [-0.2, -0.15) is 0 Å². The lowest BCUT2D eigenvalue weighted by molar-refractivity contribution is -0.119. The van der Waals surface area contributed by atoms with Gasteiger partial charge in [0.15, 0.2) is 5.58 Å². The molecule has 1 atom stereocenters. The van der Waals surface area contributed by atoms with Crippen LogP contribution in [0.4, 0.5) is 0 Å². The Morgan fingerprint density at radius 1 is 1.09 bits per heavy atom. The maximum atomic E-state index is 12.7. The molecule has 1 N–H and O–H groups in total. The molecule has 1 aromatic heterocycles. The van der Waals surface area contributed by atoms with Crippen molar-refractivity contribution in [2.75, 3.05) is 0 Å². The van der Waals surface area contributed by atoms with Crippen LogP contribution in [0, 0.1) is 0 Å². The van der Waals surface area contributed by atoms with Crippen molar-refractivity contribution in [3.63, 3.8) is 0 Å². The highest BCUT2D eigenvalue weighted by Crippen LogP contribution is 2.17. The monoisotopic (exact) mass is 308 g/mol. The van der Waals surface area contributed by atoms with Gasteiger partial charge in [-0.1, -0.05) is 42.5 Å². The van der Waals surface area contributed by atoms with Gasteiger partial charge in [-0.3, -0.25) is 9.59 Å². The number of carbonyl (C=O) groups excluding carboxylic acids is 2. The molecule has 0 saturated carbocycles. The summed E-state index contributed by atoms with van der Waals surface area (Å²) in [5, 5.41) is 2.68. The zero-order valence-corrected chi connectivity index (χ0v) is 12.7. The van der Waals surface area contributed by atoms with Gasteiger partial charge in [0.1, 0.15) is 11.6 Å². The molecule has 0 aliphatic heterocycles. The molecular formula is C18H16N2O3. The molecule has 3 aromatic rings. The Kier molecular flexibility index (Phi) is 4.19. The van der Waals surface area contributed by atoms with Gasteiger partial charge in [0.05, 0.1) is 0 Å². The normalized spacial score (nSPS) is 12.0. The summed E-state index contributed by atoms with van der Waals surface area (Å²) in [6.07, 6.45) is 0.387. The molecule has 1 unspecified atom stereocenters. The number of hydrogen-bond donors (Lipinski definition) is 1. The van der Waals surface area contributed by atoms with Crippen LogP contribution in [-0.4, -0.2) is 22.7 Å². The molecule has 0 spiro atoms. The van der Waals surface area contributed by atoms with Crippen LogP contribution in [0.1, 0.15) is 23.2 Å². The topological polar surface area (TPSA) is 72.2 Å². The molecule has 3 rings (SSSR count). The van der Waals surface area contributed by atoms with Gasteiger partial charge in [-0.25, -0.2) is 4.98 Å². The number of Topliss-reactive ketones (excluding diaryl/α,β-unsaturated/α-hetero) is 1. The summed E-state index contributed by atoms with van der Waals surface area (Å²) >= 11 is 0. The summed E-state index contributed by atoms with van der Waals surface area (Å²) in [5.74, 6) is -0.587. The second-order valence-electron chi connectivity index (χ2n) is 5.29. The summed E-state index contributed by atoms with van der Waals surface area (Å²) in [7, 11) is 0. The smallest absolute Gasteiger partial charge is 0.266 e. The Hall–Kier alpha value is -2.95. The zero-order chi connectivity index (χ0) is 16.2. The van der Waals surface area contributed by atoms with Crippen LogP contribution in [0.3, 0.4) is 0 Å². The third-order valence-corrected chi connectivity index (χ3v) is 3.48. The summed E-state index contributed by atoms with van der Waals surface area (Å²) in [6.45, 7) is 1.39. The second-order valence-corrected chi connectivity index (χ2v) is 5.29. The molecule has 1 heterocycles. The number of fused-ring (bicyclic) bond motifs is 1. The van der Waals surface area contributed by atoms with Crippen LogP contribution >= 0.6 is 0 Å². The predicted octanol–water partition coefficient (Wildman–Crippen LogP) is 2.76. The Bertz CT molecular complexity index is 807. The molecule has 1 amide bonds. The molecule has 116 valence electrons. The first-order valence-electron chi connectivity index (χ1n) is 7.34. The highest BCUT2D eigenvalue weighted by atomic mass is 16.4. The SMILES string of the molecule is CC(=O)NC(Cc1ccccc1)C(=O)c1nc2ccccc2o1. The molecule has 23 heavy (non-hydrogen) atoms. The minimum atomic E-state index is -0.706. The number of nitrogens with zero attached hydrogens (tertiary/aromatic N) is 1. The minimum absolute atomic E-state index is 0.0147. The molecule has 5 heteroatoms. The fraction of sp³-hybridized carbons (Fsp3) is 0.167. The Morgan fingerprint density at radius 2 is 1.78 bits per heavy atom. The number of hydrogen-bond acceptors (Lipinski definition) is 4. The minimum Gasteiger partial charge on any atom is -0.434 e. The maximum Gasteiger partial charge on any atom is 0.266 e. The molecule has 0 aliphatic carbocycles. The Balaban J connectivity index is 1.88. The van der Waals surface area contributed by atoms with Crippen molar-refractivity contribution in [3.8, 4) is 0 Å². The number of oxazole rings is 1. The number of para-hydroxylation sites is 2. The van der Waals surface area contributed by atoms with Gasteiger partial charge in [-0.05, 0) is 17.7 Å². The van der Waals surface area contributed by atoms with Crippen molar-refractivity contribution in [3.05, 3.63) is 66.1 Å². The van der Waals surface area contributed by atoms with Crippen molar-refractivity contribution < 1.29 is 14.0 Å². The number of aromatic nitrogens is 1. The van der Waals surface area contributed by atoms with E-state index in [1.54, 1.807) is 12.1 Å². The first-order chi connectivity index (χ1) is 11.1. The van der Waals surface area contributed by atoms with E-state index in [4.69, 9.17) is 4.42 Å². The Morgan fingerprint density at radius 3 is 2.48 bits per heavy atom. The average molecular weight is 308 g/mol. The molecule has 0 radical (unpaired) electrons. The van der Waals surface area contributed by atoms with Crippen molar-refractivity contribution in [2.24, 2.45) is 0 Å². The number of nitrogens with one attached hydrogen (secondary N) is 1. The Labute approximate surface area is 133 Å². The lowest BCUT2D eigenvalue weighted by Crippen LogP contribution is -2.41. The largest absolute Gasteiger partial charge is 0.434 e. The van der Waals surface area contributed by atoms with Crippen molar-refractivity contribution >= 4 is 22.8 Å². The van der Waals surface area contributed by atoms with Crippen molar-refractivity contribution in [1.29, 1.82) is 0 Å². The van der Waals surface area contributed by atoms with E-state index in [0.717, 1.165) is 5.56 Å². The number of ketones is 1. The number of benzene rings is 2. The van der Waals surface area contributed by atoms with Crippen LogP contribution in [0.15, 0.2) is 59.0 Å². The molecule has 5 nitrogen and oxygen atoms in total. The van der Waals surface area contributed by atoms with Crippen molar-refractivity contribution in [2.45, 2.75) is 19.4 Å². The summed E-state index contributed by atoms with van der Waals surface area (Å²) in [4.78, 5) is 28.3. The van der Waals surface area contributed by atoms with E-state index in [1.165, 1.54) is 6.92 Å². The molecule has 0 bridgehead atoms. The molecular weight excluding hydrogens is 292 g/mol. The average Bonchev–Trinajstić information content (AvgIpc) is 2.98. The van der Waals surface area contributed by atoms with E-state index in [2.05, 4.69) is 10.3 Å². The maximum absolute atomic E-state index is 12.7. The van der Waals surface area contributed by atoms with Crippen LogP contribution in [0.2, 0.25) is 0 Å². The van der Waals surface area contributed by atoms with E-state index < -0.39 is 6.04 Å². The third kappa shape index (κ3) is 3.45. The highest BCUT2D eigenvalue weighted by molar-refractivity contribution is 6.00. The lowest BCUT2D eigenvalue weighted by atomic mass is 10.0. The first kappa shape index (κ1) is 15.0. The molecule has 0 fully saturated rings. The fourth-order valence-electron chi connectivity index (χ4n) is 2.43. The van der Waals surface area contributed by atoms with Crippen LogP contribution < -0.4 is 5.32 Å². The van der Waals surface area contributed by atoms with E-state index in [9.17, 15) is 9.59 Å². The molecule has 0 aliphatic rings. The van der Waals surface area contributed by atoms with Crippen LogP contribution in [0.5, 0.6) is 0 Å². The van der Waals surface area contributed by atoms with E-state index in [-0.39, 0.29) is 17.6 Å². The van der Waals surface area contributed by atoms with E-state index >= 15 is 0 Å². The fourth-order valence-corrected chi connectivity index (χ4v) is 2.43. The predicted molar refractivity (Wildman–Crippen MR) is 86.1 cm³/mol. The van der Waals surface area contributed by atoms with Crippen LogP contribution in [-0.2, 0) is 11.2 Å². The lowest BCUT2D eigenvalue weighted by Gasteiger charge is -2.15.